The molecule has 1 aliphatic rings. The first-order valence-corrected chi connectivity index (χ1v) is 7.53. The molecule has 0 amide bonds. The van der Waals surface area contributed by atoms with Crippen molar-refractivity contribution >= 4 is 9.84 Å². The third-order valence-corrected chi connectivity index (χ3v) is 5.88. The molecule has 96 valence electrons. The molecule has 0 radical (unpaired) electrons. The van der Waals surface area contributed by atoms with Crippen molar-refractivity contribution in [3.63, 3.8) is 0 Å². The van der Waals surface area contributed by atoms with Crippen LogP contribution in [0, 0.1) is 0 Å². The van der Waals surface area contributed by atoms with Crippen LogP contribution in [0.15, 0.2) is 0 Å². The lowest BCUT2D eigenvalue weighted by molar-refractivity contribution is 0.348. The van der Waals surface area contributed by atoms with E-state index in [2.05, 4.69) is 10.2 Å². The third-order valence-electron chi connectivity index (χ3n) is 3.29. The van der Waals surface area contributed by atoms with Crippen LogP contribution in [-0.4, -0.2) is 56.5 Å². The quantitative estimate of drug-likeness (QED) is 0.787. The molecule has 1 rings (SSSR count). The molecule has 1 heterocycles. The summed E-state index contributed by atoms with van der Waals surface area (Å²) < 4.78 is 23.2. The van der Waals surface area contributed by atoms with Crippen molar-refractivity contribution in [1.29, 1.82) is 0 Å². The molecule has 1 atom stereocenters. The zero-order chi connectivity index (χ0) is 12.4. The summed E-state index contributed by atoms with van der Waals surface area (Å²) in [7, 11) is -1.01. The Kier molecular flexibility index (Phi) is 4.37. The highest BCUT2D eigenvalue weighted by molar-refractivity contribution is 7.92. The van der Waals surface area contributed by atoms with Crippen LogP contribution in [0.1, 0.15) is 27.2 Å². The van der Waals surface area contributed by atoms with Crippen molar-refractivity contribution in [2.24, 2.45) is 0 Å². The minimum atomic E-state index is -2.97. The molecular weight excluding hydrogens is 224 g/mol. The van der Waals surface area contributed by atoms with Crippen LogP contribution in [0.5, 0.6) is 0 Å². The largest absolute Gasteiger partial charge is 0.316 e. The molecule has 1 aliphatic heterocycles. The van der Waals surface area contributed by atoms with Crippen LogP contribution in [0.4, 0.5) is 0 Å². The number of hydrogen-bond donors (Lipinski definition) is 1. The highest BCUT2D eigenvalue weighted by Gasteiger charge is 2.30. The minimum Gasteiger partial charge on any atom is -0.316 e. The zero-order valence-electron chi connectivity index (χ0n) is 10.8. The van der Waals surface area contributed by atoms with Gasteiger partial charge < -0.3 is 10.2 Å². The fraction of sp³-hybridized carbons (Fsp3) is 1.00. The molecule has 1 N–H and O–H groups in total. The number of nitrogens with one attached hydrogen (secondary N) is 1. The summed E-state index contributed by atoms with van der Waals surface area (Å²) in [5, 5.41) is 3.23. The number of likely N-dealkylation sites (tertiary alicyclic amines) is 1. The average molecular weight is 248 g/mol. The summed E-state index contributed by atoms with van der Waals surface area (Å²) >= 11 is 0. The molecule has 5 heteroatoms. The van der Waals surface area contributed by atoms with Gasteiger partial charge >= 0.3 is 0 Å². The van der Waals surface area contributed by atoms with Gasteiger partial charge in [-0.15, -0.1) is 0 Å². The van der Waals surface area contributed by atoms with E-state index in [1.54, 1.807) is 20.8 Å². The van der Waals surface area contributed by atoms with Crippen molar-refractivity contribution in [2.45, 2.75) is 38.0 Å². The molecule has 0 aliphatic carbocycles. The Labute approximate surface area is 99.3 Å². The second-order valence-electron chi connectivity index (χ2n) is 5.51. The van der Waals surface area contributed by atoms with Crippen molar-refractivity contribution in [2.75, 3.05) is 32.4 Å². The maximum absolute atomic E-state index is 11.9. The lowest BCUT2D eigenvalue weighted by Crippen LogP contribution is -2.37. The van der Waals surface area contributed by atoms with Gasteiger partial charge in [-0.05, 0) is 40.8 Å². The molecule has 0 saturated carbocycles. The predicted octanol–water partition coefficient (Wildman–Crippen LogP) is 0.493. The van der Waals surface area contributed by atoms with E-state index in [-0.39, 0.29) is 5.75 Å². The molecule has 1 fully saturated rings. The van der Waals surface area contributed by atoms with E-state index in [1.807, 2.05) is 7.05 Å². The van der Waals surface area contributed by atoms with Gasteiger partial charge in [-0.2, -0.15) is 0 Å². The smallest absolute Gasteiger partial charge is 0.156 e. The van der Waals surface area contributed by atoms with Gasteiger partial charge in [0.05, 0.1) is 10.5 Å². The summed E-state index contributed by atoms with van der Waals surface area (Å²) in [5.74, 6) is 0.271. The molecule has 16 heavy (non-hydrogen) atoms. The fourth-order valence-corrected chi connectivity index (χ4v) is 2.94. The molecule has 1 saturated heterocycles. The SMILES string of the molecule is CNC1CCN(CCS(=O)(=O)C(C)(C)C)C1. The summed E-state index contributed by atoms with van der Waals surface area (Å²) in [6.07, 6.45) is 1.12. The maximum atomic E-state index is 11.9. The Hall–Kier alpha value is -0.130. The highest BCUT2D eigenvalue weighted by atomic mass is 32.2. The van der Waals surface area contributed by atoms with Crippen LogP contribution in [0.2, 0.25) is 0 Å². The van der Waals surface area contributed by atoms with E-state index in [9.17, 15) is 8.42 Å². The van der Waals surface area contributed by atoms with Gasteiger partial charge in [0.15, 0.2) is 9.84 Å². The first-order chi connectivity index (χ1) is 7.26. The highest BCUT2D eigenvalue weighted by Crippen LogP contribution is 2.17. The Morgan fingerprint density at radius 3 is 2.44 bits per heavy atom. The van der Waals surface area contributed by atoms with Gasteiger partial charge in [-0.25, -0.2) is 8.42 Å². The first-order valence-electron chi connectivity index (χ1n) is 5.88. The minimum absolute atomic E-state index is 0.271. The molecule has 0 bridgehead atoms. The van der Waals surface area contributed by atoms with Crippen LogP contribution < -0.4 is 5.32 Å². The Balaban J connectivity index is 2.42. The summed E-state index contributed by atoms with van der Waals surface area (Å²) in [5.41, 5.74) is 0. The summed E-state index contributed by atoms with van der Waals surface area (Å²) in [6, 6.07) is 0.525. The Morgan fingerprint density at radius 2 is 2.00 bits per heavy atom. The van der Waals surface area contributed by atoms with Gasteiger partial charge in [-0.3, -0.25) is 0 Å². The molecule has 0 spiro atoms. The zero-order valence-corrected chi connectivity index (χ0v) is 11.6. The fourth-order valence-electron chi connectivity index (χ4n) is 1.83. The topological polar surface area (TPSA) is 49.4 Å². The van der Waals surface area contributed by atoms with E-state index < -0.39 is 14.6 Å². The predicted molar refractivity (Wildman–Crippen MR) is 67.4 cm³/mol. The lowest BCUT2D eigenvalue weighted by Gasteiger charge is -2.22. The molecule has 0 aromatic rings. The second-order valence-corrected chi connectivity index (χ2v) is 8.37. The van der Waals surface area contributed by atoms with Crippen molar-refractivity contribution < 1.29 is 8.42 Å². The maximum Gasteiger partial charge on any atom is 0.156 e. The van der Waals surface area contributed by atoms with Crippen molar-refractivity contribution in [3.8, 4) is 0 Å². The number of rotatable bonds is 4. The first kappa shape index (κ1) is 13.9. The molecule has 4 nitrogen and oxygen atoms in total. The van der Waals surface area contributed by atoms with Gasteiger partial charge in [0.25, 0.3) is 0 Å². The van der Waals surface area contributed by atoms with Gasteiger partial charge in [0, 0.05) is 19.1 Å². The van der Waals surface area contributed by atoms with E-state index >= 15 is 0 Å². The van der Waals surface area contributed by atoms with Gasteiger partial charge in [0.2, 0.25) is 0 Å². The third kappa shape index (κ3) is 3.43. The van der Waals surface area contributed by atoms with Crippen LogP contribution in [0.25, 0.3) is 0 Å². The Bertz CT molecular complexity index is 319. The average Bonchev–Trinajstić information content (AvgIpc) is 2.60. The normalized spacial score (nSPS) is 23.9. The number of likely N-dealkylation sites (N-methyl/N-ethyl adjacent to an activating group) is 1. The number of hydrogen-bond acceptors (Lipinski definition) is 4. The van der Waals surface area contributed by atoms with Crippen LogP contribution in [0.3, 0.4) is 0 Å². The summed E-state index contributed by atoms with van der Waals surface area (Å²) in [6.45, 7) is 7.94. The molecule has 0 aromatic carbocycles. The summed E-state index contributed by atoms with van der Waals surface area (Å²) in [4.78, 5) is 2.23. The van der Waals surface area contributed by atoms with E-state index in [0.717, 1.165) is 19.5 Å². The van der Waals surface area contributed by atoms with Crippen molar-refractivity contribution in [1.82, 2.24) is 10.2 Å². The lowest BCUT2D eigenvalue weighted by atomic mass is 10.3. The standard InChI is InChI=1S/C11H24N2O2S/c1-11(2,3)16(14,15)8-7-13-6-5-10(9-13)12-4/h10,12H,5-9H2,1-4H3. The van der Waals surface area contributed by atoms with Crippen LogP contribution >= 0.6 is 0 Å². The Morgan fingerprint density at radius 1 is 1.38 bits per heavy atom. The van der Waals surface area contributed by atoms with E-state index in [0.29, 0.717) is 12.6 Å². The second kappa shape index (κ2) is 5.02. The van der Waals surface area contributed by atoms with Crippen molar-refractivity contribution in [3.05, 3.63) is 0 Å². The number of sulfone groups is 1. The molecular formula is C11H24N2O2S. The van der Waals surface area contributed by atoms with E-state index in [1.165, 1.54) is 0 Å². The van der Waals surface area contributed by atoms with Crippen LogP contribution in [-0.2, 0) is 9.84 Å². The van der Waals surface area contributed by atoms with Gasteiger partial charge in [0.1, 0.15) is 0 Å². The monoisotopic (exact) mass is 248 g/mol. The van der Waals surface area contributed by atoms with E-state index in [4.69, 9.17) is 0 Å². The molecule has 0 aromatic heterocycles. The van der Waals surface area contributed by atoms with Gasteiger partial charge in [-0.1, -0.05) is 0 Å². The number of nitrogens with zero attached hydrogens (tertiary/aromatic N) is 1. The molecule has 1 unspecified atom stereocenters.